The molecule has 0 bridgehead atoms. The Kier molecular flexibility index (Phi) is 9.26. The highest BCUT2D eigenvalue weighted by atomic mass is 19.1. The predicted molar refractivity (Wildman–Crippen MR) is 182 cm³/mol. The van der Waals surface area contributed by atoms with Crippen LogP contribution in [0.25, 0.3) is 21.8 Å². The number of aliphatic hydroxyl groups is 1. The number of rotatable bonds is 5. The number of H-pyrrole nitrogens is 1. The molecule has 0 aliphatic rings. The fourth-order valence-electron chi connectivity index (χ4n) is 4.89. The molecule has 0 saturated heterocycles. The number of aromatic amines is 1. The number of nitrogens with zero attached hydrogens (tertiary/aromatic N) is 2. The molecular weight excluding hydrogens is 581 g/mol. The second-order valence-corrected chi connectivity index (χ2v) is 14.4. The molecule has 5 rings (SSSR count). The third-order valence-electron chi connectivity index (χ3n) is 7.85. The van der Waals surface area contributed by atoms with Crippen LogP contribution in [0.4, 0.5) is 4.39 Å². The van der Waals surface area contributed by atoms with Crippen LogP contribution in [0.3, 0.4) is 0 Å². The zero-order valence-electron chi connectivity index (χ0n) is 28.0. The highest BCUT2D eigenvalue weighted by molar-refractivity contribution is 6.00. The van der Waals surface area contributed by atoms with Crippen molar-refractivity contribution in [3.8, 4) is 0 Å². The van der Waals surface area contributed by atoms with Crippen LogP contribution in [0.5, 0.6) is 0 Å². The van der Waals surface area contributed by atoms with E-state index in [0.29, 0.717) is 27.7 Å². The van der Waals surface area contributed by atoms with E-state index in [1.165, 1.54) is 6.07 Å². The molecule has 0 spiro atoms. The van der Waals surface area contributed by atoms with Crippen LogP contribution in [0.15, 0.2) is 77.9 Å². The van der Waals surface area contributed by atoms with Crippen molar-refractivity contribution in [3.05, 3.63) is 117 Å². The third kappa shape index (κ3) is 7.66. The van der Waals surface area contributed by atoms with E-state index in [1.807, 2.05) is 20.0 Å². The van der Waals surface area contributed by atoms with E-state index < -0.39 is 22.9 Å². The topological polar surface area (TPSA) is 134 Å². The van der Waals surface area contributed by atoms with Crippen LogP contribution < -0.4 is 16.5 Å². The molecule has 0 aliphatic heterocycles. The number of pyridine rings is 3. The summed E-state index contributed by atoms with van der Waals surface area (Å²) in [6.45, 7) is 17.3. The van der Waals surface area contributed by atoms with Crippen LogP contribution in [0.1, 0.15) is 95.2 Å². The number of hydrogen-bond donors (Lipinski definition) is 4. The lowest BCUT2D eigenvalue weighted by Gasteiger charge is -2.27. The zero-order chi connectivity index (χ0) is 34.2. The molecule has 5 aromatic rings. The van der Waals surface area contributed by atoms with Gasteiger partial charge in [0, 0.05) is 45.3 Å². The molecule has 0 fully saturated rings. The molecule has 46 heavy (non-hydrogen) atoms. The van der Waals surface area contributed by atoms with Crippen molar-refractivity contribution in [1.82, 2.24) is 20.3 Å². The summed E-state index contributed by atoms with van der Waals surface area (Å²) >= 11 is 0. The molecule has 3 heterocycles. The number of benzene rings is 2. The Bertz CT molecular complexity index is 1890. The van der Waals surface area contributed by atoms with Gasteiger partial charge in [-0.05, 0) is 89.1 Å². The second-order valence-electron chi connectivity index (χ2n) is 14.4. The maximum absolute atomic E-state index is 14.9. The fourth-order valence-corrected chi connectivity index (χ4v) is 4.89. The molecule has 0 unspecified atom stereocenters. The Morgan fingerprint density at radius 1 is 0.804 bits per heavy atom. The number of carbonyl (C=O) groups is 1. The predicted octanol–water partition coefficient (Wildman–Crippen LogP) is 6.68. The first-order valence-electron chi connectivity index (χ1n) is 15.2. The van der Waals surface area contributed by atoms with Crippen molar-refractivity contribution in [3.63, 3.8) is 0 Å². The first-order valence-corrected chi connectivity index (χ1v) is 15.2. The van der Waals surface area contributed by atoms with E-state index in [-0.39, 0.29) is 27.3 Å². The van der Waals surface area contributed by atoms with Gasteiger partial charge in [0.1, 0.15) is 11.4 Å². The molecular formula is C37H44FN5O3. The summed E-state index contributed by atoms with van der Waals surface area (Å²) in [7, 11) is 0. The van der Waals surface area contributed by atoms with Crippen molar-refractivity contribution in [2.75, 3.05) is 0 Å². The average Bonchev–Trinajstić information content (AvgIpc) is 2.96. The van der Waals surface area contributed by atoms with Gasteiger partial charge in [-0.15, -0.1) is 0 Å². The number of carbonyl (C=O) groups excluding carboxylic acids is 1. The van der Waals surface area contributed by atoms with E-state index in [2.05, 4.69) is 53.2 Å². The summed E-state index contributed by atoms with van der Waals surface area (Å²) < 4.78 is 14.9. The lowest BCUT2D eigenvalue weighted by Crippen LogP contribution is -2.41. The fraction of sp³-hybridized carbons (Fsp3) is 0.351. The quantitative estimate of drug-likeness (QED) is 0.161. The number of halogens is 1. The van der Waals surface area contributed by atoms with Gasteiger partial charge in [0.15, 0.2) is 5.43 Å². The van der Waals surface area contributed by atoms with Gasteiger partial charge in [0.25, 0.3) is 5.91 Å². The number of para-hydroxylation sites is 1. The number of hydrogen-bond acceptors (Lipinski definition) is 6. The minimum Gasteiger partial charge on any atom is -0.384 e. The minimum absolute atomic E-state index is 0.108. The third-order valence-corrected chi connectivity index (χ3v) is 7.85. The second kappa shape index (κ2) is 12.4. The smallest absolute Gasteiger partial charge is 0.255 e. The van der Waals surface area contributed by atoms with Crippen LogP contribution in [-0.4, -0.2) is 26.0 Å². The van der Waals surface area contributed by atoms with Crippen molar-refractivity contribution in [2.24, 2.45) is 5.73 Å². The van der Waals surface area contributed by atoms with Crippen LogP contribution in [-0.2, 0) is 22.1 Å². The monoisotopic (exact) mass is 625 g/mol. The van der Waals surface area contributed by atoms with Gasteiger partial charge < -0.3 is 21.1 Å². The number of amides is 1. The SMILES string of the molecule is CC(C)(C)c1ccc(C(C)(C)N)cn1.CC(C)(O)c1ccc(C(C)(C)NC(=O)c2cc3[nH]c4ccccc4c(=O)c3cc2F)cn1. The molecule has 242 valence electrons. The molecule has 2 aromatic carbocycles. The van der Waals surface area contributed by atoms with Crippen molar-refractivity contribution in [2.45, 2.75) is 84.4 Å². The van der Waals surface area contributed by atoms with Crippen LogP contribution in [0, 0.1) is 5.82 Å². The molecule has 5 N–H and O–H groups in total. The van der Waals surface area contributed by atoms with Crippen LogP contribution >= 0.6 is 0 Å². The number of nitrogens with one attached hydrogen (secondary N) is 2. The number of fused-ring (bicyclic) bond motifs is 2. The number of nitrogens with two attached hydrogens (primary N) is 1. The highest BCUT2D eigenvalue weighted by Gasteiger charge is 2.27. The normalized spacial score (nSPS) is 12.5. The molecule has 8 nitrogen and oxygen atoms in total. The van der Waals surface area contributed by atoms with E-state index in [0.717, 1.165) is 17.3 Å². The lowest BCUT2D eigenvalue weighted by atomic mass is 9.90. The molecule has 0 aliphatic carbocycles. The summed E-state index contributed by atoms with van der Waals surface area (Å²) in [4.78, 5) is 37.5. The summed E-state index contributed by atoms with van der Waals surface area (Å²) in [6, 6.07) is 17.0. The van der Waals surface area contributed by atoms with Gasteiger partial charge in [0.05, 0.1) is 22.3 Å². The first kappa shape index (κ1) is 34.4. The highest BCUT2D eigenvalue weighted by Crippen LogP contribution is 2.25. The Morgan fingerprint density at radius 3 is 1.93 bits per heavy atom. The largest absolute Gasteiger partial charge is 0.384 e. The summed E-state index contributed by atoms with van der Waals surface area (Å²) in [5, 5.41) is 13.6. The molecule has 0 saturated carbocycles. The average molecular weight is 626 g/mol. The van der Waals surface area contributed by atoms with Gasteiger partial charge in [-0.3, -0.25) is 19.6 Å². The van der Waals surface area contributed by atoms with Gasteiger partial charge >= 0.3 is 0 Å². The van der Waals surface area contributed by atoms with Crippen LogP contribution in [0.2, 0.25) is 0 Å². The maximum atomic E-state index is 14.9. The molecule has 3 aromatic heterocycles. The Morgan fingerprint density at radius 2 is 1.39 bits per heavy atom. The number of aromatic nitrogens is 3. The van der Waals surface area contributed by atoms with Gasteiger partial charge in [0.2, 0.25) is 0 Å². The zero-order valence-corrected chi connectivity index (χ0v) is 28.0. The molecule has 1 amide bonds. The molecule has 0 radical (unpaired) electrons. The summed E-state index contributed by atoms with van der Waals surface area (Å²) in [6.07, 6.45) is 3.45. The Labute approximate surface area is 269 Å². The van der Waals surface area contributed by atoms with E-state index in [9.17, 15) is 19.1 Å². The Hall–Kier alpha value is -4.47. The Balaban J connectivity index is 0.000000288. The van der Waals surface area contributed by atoms with E-state index in [4.69, 9.17) is 5.73 Å². The van der Waals surface area contributed by atoms with Crippen molar-refractivity contribution < 1.29 is 14.3 Å². The van der Waals surface area contributed by atoms with Gasteiger partial charge in [-0.25, -0.2) is 4.39 Å². The van der Waals surface area contributed by atoms with E-state index in [1.54, 1.807) is 70.3 Å². The van der Waals surface area contributed by atoms with Crippen molar-refractivity contribution in [1.29, 1.82) is 0 Å². The van der Waals surface area contributed by atoms with Crippen molar-refractivity contribution >= 4 is 27.7 Å². The summed E-state index contributed by atoms with van der Waals surface area (Å²) in [5.41, 5.74) is 7.74. The van der Waals surface area contributed by atoms with E-state index >= 15 is 0 Å². The molecule has 9 heteroatoms. The standard InChI is InChI=1S/C25H24FN3O3.C12H20N2/c1-24(2,14-9-10-21(27-13-14)25(3,4)32)29-23(31)16-12-20-17(11-18(16)26)22(30)15-7-5-6-8-19(15)28-20;1-11(2,3)10-7-6-9(8-14-10)12(4,5)13/h5-13,32H,1-4H3,(H,28,30)(H,29,31);6-8H,13H2,1-5H3. The molecule has 0 atom stereocenters. The van der Waals surface area contributed by atoms with Gasteiger partial charge in [-0.1, -0.05) is 45.0 Å². The van der Waals surface area contributed by atoms with Gasteiger partial charge in [-0.2, -0.15) is 0 Å². The minimum atomic E-state index is -1.08. The maximum Gasteiger partial charge on any atom is 0.255 e. The first-order chi connectivity index (χ1) is 21.2. The lowest BCUT2D eigenvalue weighted by molar-refractivity contribution is 0.0736. The summed E-state index contributed by atoms with van der Waals surface area (Å²) in [5.74, 6) is -1.39.